The summed E-state index contributed by atoms with van der Waals surface area (Å²) < 4.78 is 31.6. The van der Waals surface area contributed by atoms with Crippen LogP contribution >= 0.6 is 0 Å². The maximum absolute atomic E-state index is 12.6. The minimum atomic E-state index is -3.63. The van der Waals surface area contributed by atoms with E-state index in [1.807, 2.05) is 0 Å². The van der Waals surface area contributed by atoms with Crippen LogP contribution in [0, 0.1) is 0 Å². The van der Waals surface area contributed by atoms with Crippen molar-refractivity contribution in [3.8, 4) is 5.75 Å². The molecule has 1 N–H and O–H groups in total. The summed E-state index contributed by atoms with van der Waals surface area (Å²) in [5, 5.41) is 10.0. The molecule has 0 radical (unpaired) electrons. The van der Waals surface area contributed by atoms with Gasteiger partial charge in [0.1, 0.15) is 10.6 Å². The van der Waals surface area contributed by atoms with Crippen LogP contribution in [0.1, 0.15) is 19.8 Å². The van der Waals surface area contributed by atoms with Crippen molar-refractivity contribution in [2.75, 3.05) is 20.2 Å². The number of piperidine rings is 1. The van der Waals surface area contributed by atoms with Gasteiger partial charge in [-0.1, -0.05) is 12.1 Å². The molecule has 1 saturated heterocycles. The van der Waals surface area contributed by atoms with Gasteiger partial charge in [-0.25, -0.2) is 8.42 Å². The lowest BCUT2D eigenvalue weighted by molar-refractivity contribution is 0.00936. The van der Waals surface area contributed by atoms with E-state index in [4.69, 9.17) is 4.74 Å². The number of nitrogens with zero attached hydrogens (tertiary/aromatic N) is 1. The average Bonchev–Trinajstić information content (AvgIpc) is 2.37. The van der Waals surface area contributed by atoms with Crippen molar-refractivity contribution in [1.29, 1.82) is 0 Å². The highest BCUT2D eigenvalue weighted by molar-refractivity contribution is 7.89. The molecule has 1 aliphatic heterocycles. The molecule has 19 heavy (non-hydrogen) atoms. The van der Waals surface area contributed by atoms with E-state index < -0.39 is 15.6 Å². The molecule has 5 nitrogen and oxygen atoms in total. The monoisotopic (exact) mass is 285 g/mol. The van der Waals surface area contributed by atoms with Crippen LogP contribution in [0.25, 0.3) is 0 Å². The van der Waals surface area contributed by atoms with E-state index in [1.165, 1.54) is 17.5 Å². The quantitative estimate of drug-likeness (QED) is 0.907. The van der Waals surface area contributed by atoms with Crippen molar-refractivity contribution in [2.45, 2.75) is 30.3 Å². The van der Waals surface area contributed by atoms with E-state index in [9.17, 15) is 13.5 Å². The second kappa shape index (κ2) is 5.11. The molecule has 0 spiro atoms. The number of hydrogen-bond acceptors (Lipinski definition) is 4. The highest BCUT2D eigenvalue weighted by atomic mass is 32.2. The molecule has 1 unspecified atom stereocenters. The first-order chi connectivity index (χ1) is 8.87. The van der Waals surface area contributed by atoms with E-state index in [-0.39, 0.29) is 11.4 Å². The van der Waals surface area contributed by atoms with Crippen molar-refractivity contribution < 1.29 is 18.3 Å². The highest BCUT2D eigenvalue weighted by Gasteiger charge is 2.36. The third kappa shape index (κ3) is 2.91. The minimum absolute atomic E-state index is 0.118. The molecule has 1 aromatic carbocycles. The maximum Gasteiger partial charge on any atom is 0.246 e. The number of methoxy groups -OCH3 is 1. The number of hydrogen-bond donors (Lipinski definition) is 1. The first kappa shape index (κ1) is 14.3. The van der Waals surface area contributed by atoms with Gasteiger partial charge in [0.25, 0.3) is 0 Å². The minimum Gasteiger partial charge on any atom is -0.495 e. The van der Waals surface area contributed by atoms with Gasteiger partial charge >= 0.3 is 0 Å². The highest BCUT2D eigenvalue weighted by Crippen LogP contribution is 2.30. The van der Waals surface area contributed by atoms with E-state index >= 15 is 0 Å². The molecule has 0 aliphatic carbocycles. The van der Waals surface area contributed by atoms with Gasteiger partial charge in [0, 0.05) is 13.1 Å². The topological polar surface area (TPSA) is 66.8 Å². The summed E-state index contributed by atoms with van der Waals surface area (Å²) >= 11 is 0. The second-order valence-electron chi connectivity index (χ2n) is 5.09. The number of β-amino-alcohol motifs (C(OH)–C–C–N with tert-alkyl or cyclic N) is 1. The number of aliphatic hydroxyl groups is 1. The van der Waals surface area contributed by atoms with Gasteiger partial charge in [-0.3, -0.25) is 0 Å². The Morgan fingerprint density at radius 3 is 2.68 bits per heavy atom. The number of para-hydroxylation sites is 1. The summed E-state index contributed by atoms with van der Waals surface area (Å²) in [7, 11) is -2.18. The summed E-state index contributed by atoms with van der Waals surface area (Å²) in [5.41, 5.74) is -0.965. The smallest absolute Gasteiger partial charge is 0.246 e. The summed E-state index contributed by atoms with van der Waals surface area (Å²) in [5.74, 6) is 0.327. The van der Waals surface area contributed by atoms with Gasteiger partial charge in [0.05, 0.1) is 12.7 Å². The third-order valence-corrected chi connectivity index (χ3v) is 5.21. The molecule has 0 amide bonds. The Morgan fingerprint density at radius 2 is 2.05 bits per heavy atom. The largest absolute Gasteiger partial charge is 0.495 e. The Bertz CT molecular complexity index is 554. The lowest BCUT2D eigenvalue weighted by Gasteiger charge is -2.36. The average molecular weight is 285 g/mol. The zero-order valence-corrected chi connectivity index (χ0v) is 12.0. The van der Waals surface area contributed by atoms with Gasteiger partial charge in [-0.15, -0.1) is 0 Å². The second-order valence-corrected chi connectivity index (χ2v) is 7.00. The van der Waals surface area contributed by atoms with Crippen LogP contribution < -0.4 is 4.74 Å². The van der Waals surface area contributed by atoms with Gasteiger partial charge < -0.3 is 9.84 Å². The Balaban J connectivity index is 2.37. The Hall–Kier alpha value is -1.11. The van der Waals surface area contributed by atoms with E-state index in [0.717, 1.165) is 0 Å². The molecule has 1 atom stereocenters. The fraction of sp³-hybridized carbons (Fsp3) is 0.538. The summed E-state index contributed by atoms with van der Waals surface area (Å²) in [6.45, 7) is 2.21. The lowest BCUT2D eigenvalue weighted by Crippen LogP contribution is -2.48. The Morgan fingerprint density at radius 1 is 1.37 bits per heavy atom. The molecule has 1 aromatic rings. The van der Waals surface area contributed by atoms with Crippen molar-refractivity contribution >= 4 is 10.0 Å². The Kier molecular flexibility index (Phi) is 3.85. The lowest BCUT2D eigenvalue weighted by atomic mass is 9.97. The normalized spacial score (nSPS) is 25.2. The number of sulfonamides is 1. The van der Waals surface area contributed by atoms with Crippen molar-refractivity contribution in [3.63, 3.8) is 0 Å². The van der Waals surface area contributed by atoms with Crippen molar-refractivity contribution in [3.05, 3.63) is 24.3 Å². The molecule has 2 rings (SSSR count). The molecule has 106 valence electrons. The summed E-state index contributed by atoms with van der Waals surface area (Å²) in [6, 6.07) is 6.54. The summed E-state index contributed by atoms with van der Waals surface area (Å²) in [4.78, 5) is 0.148. The van der Waals surface area contributed by atoms with E-state index in [1.54, 1.807) is 25.1 Å². The molecule has 0 bridgehead atoms. The molecule has 1 aliphatic rings. The number of benzene rings is 1. The number of ether oxygens (including phenoxy) is 1. The van der Waals surface area contributed by atoms with Crippen molar-refractivity contribution in [2.24, 2.45) is 0 Å². The van der Waals surface area contributed by atoms with Crippen LogP contribution in [-0.2, 0) is 10.0 Å². The van der Waals surface area contributed by atoms with Crippen LogP contribution in [-0.4, -0.2) is 43.6 Å². The molecule has 1 heterocycles. The molecule has 0 saturated carbocycles. The molecule has 1 fully saturated rings. The molecule has 6 heteroatoms. The first-order valence-electron chi connectivity index (χ1n) is 6.22. The summed E-state index contributed by atoms with van der Waals surface area (Å²) in [6.07, 6.45) is 1.27. The predicted molar refractivity (Wildman–Crippen MR) is 71.6 cm³/mol. The number of rotatable bonds is 3. The van der Waals surface area contributed by atoms with E-state index in [2.05, 4.69) is 0 Å². The van der Waals surface area contributed by atoms with Crippen LogP contribution in [0.2, 0.25) is 0 Å². The maximum atomic E-state index is 12.6. The SMILES string of the molecule is COc1ccccc1S(=O)(=O)N1CCCC(C)(O)C1. The molecular formula is C13H19NO4S. The first-order valence-corrected chi connectivity index (χ1v) is 7.66. The fourth-order valence-corrected chi connectivity index (χ4v) is 4.10. The van der Waals surface area contributed by atoms with Crippen molar-refractivity contribution in [1.82, 2.24) is 4.31 Å². The molecule has 0 aromatic heterocycles. The predicted octanol–water partition coefficient (Wildman–Crippen LogP) is 1.23. The van der Waals surface area contributed by atoms with Crippen LogP contribution in [0.5, 0.6) is 5.75 Å². The molecular weight excluding hydrogens is 266 g/mol. The van der Waals surface area contributed by atoms with Gasteiger partial charge in [0.2, 0.25) is 10.0 Å². The zero-order valence-electron chi connectivity index (χ0n) is 11.2. The van der Waals surface area contributed by atoms with Gasteiger partial charge in [-0.2, -0.15) is 4.31 Å². The standard InChI is InChI=1S/C13H19NO4S/c1-13(15)8-5-9-14(10-13)19(16,17)12-7-4-3-6-11(12)18-2/h3-4,6-7,15H,5,8-10H2,1-2H3. The van der Waals surface area contributed by atoms with Gasteiger partial charge in [-0.05, 0) is 31.9 Å². The van der Waals surface area contributed by atoms with Gasteiger partial charge in [0.15, 0.2) is 0 Å². The fourth-order valence-electron chi connectivity index (χ4n) is 2.35. The van der Waals surface area contributed by atoms with Crippen LogP contribution in [0.4, 0.5) is 0 Å². The third-order valence-electron chi connectivity index (χ3n) is 3.33. The van der Waals surface area contributed by atoms with Crippen LogP contribution in [0.3, 0.4) is 0 Å². The zero-order chi connectivity index (χ0) is 14.1. The van der Waals surface area contributed by atoms with E-state index in [0.29, 0.717) is 25.1 Å². The Labute approximate surface area is 113 Å². The van der Waals surface area contributed by atoms with Crippen LogP contribution in [0.15, 0.2) is 29.2 Å².